The van der Waals surface area contributed by atoms with Gasteiger partial charge in [0, 0.05) is 22.6 Å². The fraction of sp³-hybridized carbons (Fsp3) is 0.417. The Bertz CT molecular complexity index is 896. The Kier molecular flexibility index (Phi) is 9.85. The number of unbranched alkanes of at least 4 members (excludes halogenated alkanes) is 1. The minimum atomic E-state index is -0.639. The van der Waals surface area contributed by atoms with Crippen LogP contribution < -0.4 is 10.1 Å². The molecule has 168 valence electrons. The van der Waals surface area contributed by atoms with Crippen molar-refractivity contribution in [3.8, 4) is 5.75 Å². The lowest BCUT2D eigenvalue weighted by molar-refractivity contribution is -0.142. The maximum atomic E-state index is 13.1. The summed E-state index contributed by atoms with van der Waals surface area (Å²) < 4.78 is 6.81. The van der Waals surface area contributed by atoms with Gasteiger partial charge >= 0.3 is 0 Å². The summed E-state index contributed by atoms with van der Waals surface area (Å²) in [5, 5.41) is 3.49. The summed E-state index contributed by atoms with van der Waals surface area (Å²) in [7, 11) is 0. The monoisotopic (exact) mass is 508 g/mol. The van der Waals surface area contributed by atoms with Gasteiger partial charge in [-0.25, -0.2) is 0 Å². The van der Waals surface area contributed by atoms with Gasteiger partial charge in [0.1, 0.15) is 11.8 Å². The molecule has 1 atom stereocenters. The van der Waals surface area contributed by atoms with Gasteiger partial charge in [-0.3, -0.25) is 9.59 Å². The number of aryl methyl sites for hydroxylation is 2. The maximum absolute atomic E-state index is 13.1. The average molecular weight is 510 g/mol. The first-order valence-electron chi connectivity index (χ1n) is 10.4. The largest absolute Gasteiger partial charge is 0.484 e. The smallest absolute Gasteiger partial charge is 0.261 e. The highest BCUT2D eigenvalue weighted by atomic mass is 79.9. The van der Waals surface area contributed by atoms with E-state index >= 15 is 0 Å². The fourth-order valence-corrected chi connectivity index (χ4v) is 3.61. The molecule has 1 N–H and O–H groups in total. The van der Waals surface area contributed by atoms with Crippen molar-refractivity contribution in [2.75, 3.05) is 13.2 Å². The van der Waals surface area contributed by atoms with Crippen LogP contribution in [0.5, 0.6) is 5.75 Å². The predicted molar refractivity (Wildman–Crippen MR) is 128 cm³/mol. The Hall–Kier alpha value is -2.05. The SMILES string of the molecule is CCCCNC(=O)[C@H](C)N(Cc1cccc(Cl)c1)C(=O)COc1cc(C)c(Br)c(C)c1. The van der Waals surface area contributed by atoms with E-state index in [1.807, 2.05) is 38.1 Å². The number of nitrogens with zero attached hydrogens (tertiary/aromatic N) is 1. The Balaban J connectivity index is 2.15. The molecule has 2 amide bonds. The van der Waals surface area contributed by atoms with Gasteiger partial charge in [0.05, 0.1) is 0 Å². The Morgan fingerprint density at radius 1 is 1.19 bits per heavy atom. The summed E-state index contributed by atoms with van der Waals surface area (Å²) in [4.78, 5) is 27.3. The standard InChI is InChI=1S/C24H30BrClN2O3/c1-5-6-10-27-24(30)18(4)28(14-19-8-7-9-20(26)13-19)22(29)15-31-21-11-16(2)23(25)17(3)12-21/h7-9,11-13,18H,5-6,10,14-15H2,1-4H3,(H,27,30)/t18-/m0/s1. The van der Waals surface area contributed by atoms with Crippen molar-refractivity contribution >= 4 is 39.3 Å². The van der Waals surface area contributed by atoms with Crippen LogP contribution in [0.3, 0.4) is 0 Å². The molecule has 0 spiro atoms. The molecule has 2 aromatic rings. The van der Waals surface area contributed by atoms with Crippen LogP contribution in [0.15, 0.2) is 40.9 Å². The van der Waals surface area contributed by atoms with Crippen LogP contribution in [0.2, 0.25) is 5.02 Å². The topological polar surface area (TPSA) is 58.6 Å². The average Bonchev–Trinajstić information content (AvgIpc) is 2.73. The maximum Gasteiger partial charge on any atom is 0.261 e. The molecule has 2 rings (SSSR count). The first-order chi connectivity index (χ1) is 14.7. The molecular formula is C24H30BrClN2O3. The second kappa shape index (κ2) is 12.1. The van der Waals surface area contributed by atoms with Gasteiger partial charge in [0.25, 0.3) is 5.91 Å². The van der Waals surface area contributed by atoms with Crippen LogP contribution in [0.1, 0.15) is 43.4 Å². The third kappa shape index (κ3) is 7.54. The van der Waals surface area contributed by atoms with Crippen LogP contribution in [0.25, 0.3) is 0 Å². The summed E-state index contributed by atoms with van der Waals surface area (Å²) >= 11 is 9.64. The molecule has 0 bridgehead atoms. The number of halogens is 2. The number of carbonyl (C=O) groups excluding carboxylic acids is 2. The van der Waals surface area contributed by atoms with Crippen molar-refractivity contribution in [2.45, 2.75) is 53.1 Å². The Labute approximate surface area is 198 Å². The van der Waals surface area contributed by atoms with E-state index in [2.05, 4.69) is 28.2 Å². The van der Waals surface area contributed by atoms with Crippen LogP contribution in [0.4, 0.5) is 0 Å². The third-order valence-corrected chi connectivity index (χ3v) is 6.50. The van der Waals surface area contributed by atoms with Gasteiger partial charge in [-0.2, -0.15) is 0 Å². The number of hydrogen-bond acceptors (Lipinski definition) is 3. The minimum Gasteiger partial charge on any atom is -0.484 e. The fourth-order valence-electron chi connectivity index (χ4n) is 3.17. The lowest BCUT2D eigenvalue weighted by Crippen LogP contribution is -2.49. The summed E-state index contributed by atoms with van der Waals surface area (Å²) in [6, 6.07) is 10.4. The second-order valence-electron chi connectivity index (χ2n) is 7.63. The quantitative estimate of drug-likeness (QED) is 0.434. The number of ether oxygens (including phenoxy) is 1. The molecule has 0 heterocycles. The molecule has 0 aliphatic carbocycles. The van der Waals surface area contributed by atoms with Gasteiger partial charge in [-0.1, -0.05) is 53.0 Å². The molecule has 2 aromatic carbocycles. The molecule has 0 saturated carbocycles. The van der Waals surface area contributed by atoms with Crippen LogP contribution in [-0.2, 0) is 16.1 Å². The first kappa shape index (κ1) is 25.2. The van der Waals surface area contributed by atoms with Gasteiger partial charge < -0.3 is 15.0 Å². The van der Waals surface area contributed by atoms with Crippen LogP contribution in [0, 0.1) is 13.8 Å². The van der Waals surface area contributed by atoms with E-state index in [4.69, 9.17) is 16.3 Å². The third-order valence-electron chi connectivity index (χ3n) is 5.01. The highest BCUT2D eigenvalue weighted by molar-refractivity contribution is 9.10. The summed E-state index contributed by atoms with van der Waals surface area (Å²) in [5.41, 5.74) is 2.91. The molecule has 0 saturated heterocycles. The van der Waals surface area contributed by atoms with Crippen molar-refractivity contribution in [1.82, 2.24) is 10.2 Å². The van der Waals surface area contributed by atoms with E-state index in [0.29, 0.717) is 17.3 Å². The number of rotatable bonds is 10. The summed E-state index contributed by atoms with van der Waals surface area (Å²) in [6.07, 6.45) is 1.88. The van der Waals surface area contributed by atoms with Gasteiger partial charge in [0.2, 0.25) is 5.91 Å². The molecule has 7 heteroatoms. The zero-order chi connectivity index (χ0) is 23.0. The molecule has 0 aliphatic rings. The van der Waals surface area contributed by atoms with Gasteiger partial charge in [-0.05, 0) is 68.1 Å². The van der Waals surface area contributed by atoms with E-state index in [-0.39, 0.29) is 25.0 Å². The Morgan fingerprint density at radius 2 is 1.87 bits per heavy atom. The molecule has 0 fully saturated rings. The lowest BCUT2D eigenvalue weighted by Gasteiger charge is -2.29. The number of hydrogen-bond donors (Lipinski definition) is 1. The molecule has 0 radical (unpaired) electrons. The van der Waals surface area contributed by atoms with E-state index < -0.39 is 6.04 Å². The van der Waals surface area contributed by atoms with Gasteiger partial charge in [-0.15, -0.1) is 0 Å². The summed E-state index contributed by atoms with van der Waals surface area (Å²) in [5.74, 6) is 0.171. The van der Waals surface area contributed by atoms with Crippen molar-refractivity contribution in [1.29, 1.82) is 0 Å². The van der Waals surface area contributed by atoms with E-state index in [1.165, 1.54) is 4.90 Å². The zero-order valence-corrected chi connectivity index (χ0v) is 20.8. The number of amides is 2. The molecular weight excluding hydrogens is 480 g/mol. The number of benzene rings is 2. The molecule has 0 unspecified atom stereocenters. The number of nitrogens with one attached hydrogen (secondary N) is 1. The molecule has 5 nitrogen and oxygen atoms in total. The van der Waals surface area contributed by atoms with E-state index in [1.54, 1.807) is 19.1 Å². The minimum absolute atomic E-state index is 0.159. The van der Waals surface area contributed by atoms with E-state index in [0.717, 1.165) is 34.0 Å². The second-order valence-corrected chi connectivity index (χ2v) is 8.86. The van der Waals surface area contributed by atoms with Crippen molar-refractivity contribution < 1.29 is 14.3 Å². The van der Waals surface area contributed by atoms with Crippen LogP contribution in [-0.4, -0.2) is 35.9 Å². The Morgan fingerprint density at radius 3 is 2.48 bits per heavy atom. The molecule has 0 aliphatic heterocycles. The highest BCUT2D eigenvalue weighted by Crippen LogP contribution is 2.26. The molecule has 0 aromatic heterocycles. The highest BCUT2D eigenvalue weighted by Gasteiger charge is 2.26. The number of carbonyl (C=O) groups is 2. The summed E-state index contributed by atoms with van der Waals surface area (Å²) in [6.45, 7) is 8.44. The first-order valence-corrected chi connectivity index (χ1v) is 11.6. The predicted octanol–water partition coefficient (Wildman–Crippen LogP) is 5.43. The van der Waals surface area contributed by atoms with Crippen molar-refractivity contribution in [2.24, 2.45) is 0 Å². The lowest BCUT2D eigenvalue weighted by atomic mass is 10.1. The van der Waals surface area contributed by atoms with Crippen molar-refractivity contribution in [3.63, 3.8) is 0 Å². The van der Waals surface area contributed by atoms with E-state index in [9.17, 15) is 9.59 Å². The van der Waals surface area contributed by atoms with Crippen molar-refractivity contribution in [3.05, 3.63) is 62.6 Å². The molecule has 31 heavy (non-hydrogen) atoms. The zero-order valence-electron chi connectivity index (χ0n) is 18.5. The van der Waals surface area contributed by atoms with Gasteiger partial charge in [0.15, 0.2) is 6.61 Å². The normalized spacial score (nSPS) is 11.7. The van der Waals surface area contributed by atoms with Crippen LogP contribution >= 0.6 is 27.5 Å².